The molecule has 0 amide bonds. The van der Waals surface area contributed by atoms with Crippen LogP contribution < -0.4 is 10.2 Å². The number of halogens is 3. The van der Waals surface area contributed by atoms with Gasteiger partial charge in [-0.1, -0.05) is 30.3 Å². The predicted molar refractivity (Wildman–Crippen MR) is 84.5 cm³/mol. The molecule has 1 aliphatic rings. The highest BCUT2D eigenvalue weighted by Gasteiger charge is 2.37. The van der Waals surface area contributed by atoms with Crippen molar-refractivity contribution >= 4 is 5.82 Å². The van der Waals surface area contributed by atoms with E-state index < -0.39 is 17.3 Å². The van der Waals surface area contributed by atoms with Crippen molar-refractivity contribution in [3.8, 4) is 17.3 Å². The average Bonchev–Trinajstić information content (AvgIpc) is 2.61. The maximum atomic E-state index is 13.5. The average molecular weight is 332 g/mol. The fourth-order valence-corrected chi connectivity index (χ4v) is 2.73. The number of nitriles is 1. The summed E-state index contributed by atoms with van der Waals surface area (Å²) < 4.78 is 40.4. The van der Waals surface area contributed by atoms with Crippen molar-refractivity contribution in [2.24, 2.45) is 0 Å². The van der Waals surface area contributed by atoms with Crippen LogP contribution in [0.25, 0.3) is 11.3 Å². The molecule has 3 rings (SSSR count). The first kappa shape index (κ1) is 16.3. The quantitative estimate of drug-likeness (QED) is 0.918. The molecule has 2 heterocycles. The van der Waals surface area contributed by atoms with E-state index in [4.69, 9.17) is 0 Å². The minimum absolute atomic E-state index is 0.104. The van der Waals surface area contributed by atoms with Crippen LogP contribution in [0.3, 0.4) is 0 Å². The molecule has 0 radical (unpaired) electrons. The van der Waals surface area contributed by atoms with Gasteiger partial charge in [0.15, 0.2) is 0 Å². The van der Waals surface area contributed by atoms with Crippen molar-refractivity contribution in [3.05, 3.63) is 47.5 Å². The van der Waals surface area contributed by atoms with E-state index in [2.05, 4.69) is 10.3 Å². The number of nitrogens with one attached hydrogen (secondary N) is 1. The van der Waals surface area contributed by atoms with Crippen LogP contribution in [0.5, 0.6) is 0 Å². The van der Waals surface area contributed by atoms with Gasteiger partial charge in [0.25, 0.3) is 0 Å². The molecule has 1 saturated heterocycles. The van der Waals surface area contributed by atoms with Gasteiger partial charge in [-0.2, -0.15) is 18.4 Å². The Labute approximate surface area is 137 Å². The molecule has 1 aromatic carbocycles. The Morgan fingerprint density at radius 3 is 2.38 bits per heavy atom. The molecule has 1 aliphatic heterocycles. The summed E-state index contributed by atoms with van der Waals surface area (Å²) in [5.74, 6) is 0.104. The van der Waals surface area contributed by atoms with Gasteiger partial charge >= 0.3 is 6.18 Å². The van der Waals surface area contributed by atoms with E-state index in [1.165, 1.54) is 0 Å². The van der Waals surface area contributed by atoms with Crippen molar-refractivity contribution in [3.63, 3.8) is 0 Å². The van der Waals surface area contributed by atoms with Gasteiger partial charge < -0.3 is 10.2 Å². The van der Waals surface area contributed by atoms with Crippen LogP contribution in [0.2, 0.25) is 0 Å². The Balaban J connectivity index is 2.20. The van der Waals surface area contributed by atoms with Gasteiger partial charge in [-0.25, -0.2) is 4.98 Å². The maximum absolute atomic E-state index is 13.5. The van der Waals surface area contributed by atoms with Gasteiger partial charge in [0.1, 0.15) is 17.5 Å². The molecule has 2 aromatic rings. The summed E-state index contributed by atoms with van der Waals surface area (Å²) in [5.41, 5.74) is -0.546. The predicted octanol–water partition coefficient (Wildman–Crippen LogP) is 3.05. The standard InChI is InChI=1S/C17H15F3N4/c18-17(19,20)14-10-15(12-4-2-1-3-5-12)23-16(13(14)11-21)24-8-6-22-7-9-24/h1-5,10,22H,6-9H2. The van der Waals surface area contributed by atoms with E-state index >= 15 is 0 Å². The first-order valence-corrected chi connectivity index (χ1v) is 7.54. The SMILES string of the molecule is N#Cc1c(C(F)(F)F)cc(-c2ccccc2)nc1N1CCNCC1. The Bertz CT molecular complexity index is 760. The summed E-state index contributed by atoms with van der Waals surface area (Å²) >= 11 is 0. The highest BCUT2D eigenvalue weighted by Crippen LogP contribution is 2.37. The van der Waals surface area contributed by atoms with Gasteiger partial charge in [-0.05, 0) is 6.07 Å². The van der Waals surface area contributed by atoms with Crippen LogP contribution in [0.4, 0.5) is 19.0 Å². The van der Waals surface area contributed by atoms with Gasteiger partial charge in [0.2, 0.25) is 0 Å². The number of piperazine rings is 1. The van der Waals surface area contributed by atoms with Gasteiger partial charge in [-0.3, -0.25) is 0 Å². The summed E-state index contributed by atoms with van der Waals surface area (Å²) in [7, 11) is 0. The molecule has 0 aliphatic carbocycles. The van der Waals surface area contributed by atoms with Crippen molar-refractivity contribution in [1.82, 2.24) is 10.3 Å². The van der Waals surface area contributed by atoms with Crippen molar-refractivity contribution in [2.75, 3.05) is 31.1 Å². The topological polar surface area (TPSA) is 52.0 Å². The second-order valence-electron chi connectivity index (χ2n) is 5.47. The molecule has 0 saturated carbocycles. The zero-order chi connectivity index (χ0) is 17.2. The fraction of sp³-hybridized carbons (Fsp3) is 0.294. The third kappa shape index (κ3) is 3.19. The van der Waals surface area contributed by atoms with E-state index in [0.717, 1.165) is 6.07 Å². The van der Waals surface area contributed by atoms with Crippen LogP contribution in [0.1, 0.15) is 11.1 Å². The van der Waals surface area contributed by atoms with E-state index in [1.807, 2.05) is 0 Å². The van der Waals surface area contributed by atoms with Crippen molar-refractivity contribution in [1.29, 1.82) is 5.26 Å². The normalized spacial score (nSPS) is 15.2. The minimum atomic E-state index is -4.61. The summed E-state index contributed by atoms with van der Waals surface area (Å²) in [6.07, 6.45) is -4.61. The number of hydrogen-bond acceptors (Lipinski definition) is 4. The number of nitrogens with zero attached hydrogens (tertiary/aromatic N) is 3. The number of anilines is 1. The molecule has 0 bridgehead atoms. The van der Waals surface area contributed by atoms with E-state index in [-0.39, 0.29) is 11.5 Å². The maximum Gasteiger partial charge on any atom is 0.417 e. The molecular formula is C17H15F3N4. The summed E-state index contributed by atoms with van der Waals surface area (Å²) in [6.45, 7) is 2.31. The number of hydrogen-bond donors (Lipinski definition) is 1. The van der Waals surface area contributed by atoms with Crippen LogP contribution >= 0.6 is 0 Å². The highest BCUT2D eigenvalue weighted by molar-refractivity contribution is 5.68. The lowest BCUT2D eigenvalue weighted by atomic mass is 10.0. The lowest BCUT2D eigenvalue weighted by Crippen LogP contribution is -2.44. The lowest BCUT2D eigenvalue weighted by Gasteiger charge is -2.30. The third-order valence-corrected chi connectivity index (χ3v) is 3.90. The second-order valence-corrected chi connectivity index (χ2v) is 5.47. The Kier molecular flexibility index (Phi) is 4.40. The van der Waals surface area contributed by atoms with Crippen molar-refractivity contribution in [2.45, 2.75) is 6.18 Å². The lowest BCUT2D eigenvalue weighted by molar-refractivity contribution is -0.137. The molecule has 1 fully saturated rings. The first-order valence-electron chi connectivity index (χ1n) is 7.54. The van der Waals surface area contributed by atoms with Crippen LogP contribution in [0, 0.1) is 11.3 Å². The van der Waals surface area contributed by atoms with Gasteiger partial charge in [0.05, 0.1) is 11.3 Å². The van der Waals surface area contributed by atoms with E-state index in [1.54, 1.807) is 41.3 Å². The van der Waals surface area contributed by atoms with E-state index in [9.17, 15) is 18.4 Å². The number of aromatic nitrogens is 1. The number of alkyl halides is 3. The van der Waals surface area contributed by atoms with Crippen LogP contribution in [0.15, 0.2) is 36.4 Å². The first-order chi connectivity index (χ1) is 11.5. The molecule has 0 unspecified atom stereocenters. The smallest absolute Gasteiger partial charge is 0.353 e. The molecule has 1 aromatic heterocycles. The molecule has 24 heavy (non-hydrogen) atoms. The minimum Gasteiger partial charge on any atom is -0.353 e. The number of rotatable bonds is 2. The molecule has 124 valence electrons. The molecular weight excluding hydrogens is 317 g/mol. The highest BCUT2D eigenvalue weighted by atomic mass is 19.4. The van der Waals surface area contributed by atoms with Crippen molar-refractivity contribution < 1.29 is 13.2 Å². The summed E-state index contributed by atoms with van der Waals surface area (Å²) in [6, 6.07) is 11.3. The largest absolute Gasteiger partial charge is 0.417 e. The Morgan fingerprint density at radius 1 is 1.12 bits per heavy atom. The third-order valence-electron chi connectivity index (χ3n) is 3.90. The van der Waals surface area contributed by atoms with E-state index in [0.29, 0.717) is 31.7 Å². The Hall–Kier alpha value is -2.59. The molecule has 1 N–H and O–H groups in total. The summed E-state index contributed by atoms with van der Waals surface area (Å²) in [4.78, 5) is 6.12. The molecule has 0 spiro atoms. The van der Waals surface area contributed by atoms with Crippen LogP contribution in [-0.4, -0.2) is 31.2 Å². The van der Waals surface area contributed by atoms with Crippen LogP contribution in [-0.2, 0) is 6.18 Å². The second kappa shape index (κ2) is 6.49. The zero-order valence-corrected chi connectivity index (χ0v) is 12.8. The molecule has 0 atom stereocenters. The Morgan fingerprint density at radius 2 is 1.79 bits per heavy atom. The molecule has 4 nitrogen and oxygen atoms in total. The van der Waals surface area contributed by atoms with Gasteiger partial charge in [-0.15, -0.1) is 0 Å². The monoisotopic (exact) mass is 332 g/mol. The van der Waals surface area contributed by atoms with Gasteiger partial charge in [0, 0.05) is 31.7 Å². The number of benzene rings is 1. The number of pyridine rings is 1. The molecule has 7 heteroatoms. The summed E-state index contributed by atoms with van der Waals surface area (Å²) in [5, 5.41) is 12.5. The zero-order valence-electron chi connectivity index (χ0n) is 12.8. The fourth-order valence-electron chi connectivity index (χ4n) is 2.73.